The molecular formula is C10H19N3O2. The first-order valence-corrected chi connectivity index (χ1v) is 5.46. The molecular weight excluding hydrogens is 194 g/mol. The van der Waals surface area contributed by atoms with E-state index in [9.17, 15) is 0 Å². The van der Waals surface area contributed by atoms with Crippen LogP contribution in [-0.2, 0) is 17.8 Å². The molecule has 0 saturated heterocycles. The van der Waals surface area contributed by atoms with Gasteiger partial charge >= 0.3 is 0 Å². The first-order valence-electron chi connectivity index (χ1n) is 5.46. The van der Waals surface area contributed by atoms with Crippen LogP contribution in [0.25, 0.3) is 0 Å². The van der Waals surface area contributed by atoms with Gasteiger partial charge in [-0.15, -0.1) is 0 Å². The summed E-state index contributed by atoms with van der Waals surface area (Å²) >= 11 is 0. The highest BCUT2D eigenvalue weighted by Gasteiger charge is 2.05. The van der Waals surface area contributed by atoms with Crippen LogP contribution in [0.15, 0.2) is 4.52 Å². The van der Waals surface area contributed by atoms with Crippen LogP contribution < -0.4 is 5.73 Å². The van der Waals surface area contributed by atoms with Crippen LogP contribution in [0.1, 0.15) is 37.9 Å². The number of ether oxygens (including phenoxy) is 1. The molecule has 1 heterocycles. The third kappa shape index (κ3) is 4.90. The first kappa shape index (κ1) is 12.1. The Hall–Kier alpha value is -0.940. The van der Waals surface area contributed by atoms with E-state index in [1.165, 1.54) is 0 Å². The molecule has 5 nitrogen and oxygen atoms in total. The van der Waals surface area contributed by atoms with Crippen molar-refractivity contribution in [2.45, 2.75) is 39.2 Å². The van der Waals surface area contributed by atoms with Gasteiger partial charge in [0, 0.05) is 13.0 Å². The minimum Gasteiger partial charge on any atom is -0.374 e. The van der Waals surface area contributed by atoms with Crippen molar-refractivity contribution in [2.75, 3.05) is 13.2 Å². The number of nitrogens with zero attached hydrogens (tertiary/aromatic N) is 2. The molecule has 0 unspecified atom stereocenters. The predicted octanol–water partition coefficient (Wildman–Crippen LogP) is 1.28. The molecule has 2 N–H and O–H groups in total. The van der Waals surface area contributed by atoms with Crippen molar-refractivity contribution in [3.05, 3.63) is 11.7 Å². The van der Waals surface area contributed by atoms with Crippen molar-refractivity contribution in [3.63, 3.8) is 0 Å². The fourth-order valence-corrected chi connectivity index (χ4v) is 1.24. The van der Waals surface area contributed by atoms with Crippen LogP contribution in [0.2, 0.25) is 0 Å². The van der Waals surface area contributed by atoms with Crippen LogP contribution in [0, 0.1) is 0 Å². The second-order valence-corrected chi connectivity index (χ2v) is 3.34. The fraction of sp³-hybridized carbons (Fsp3) is 0.800. The largest absolute Gasteiger partial charge is 0.374 e. The van der Waals surface area contributed by atoms with Crippen molar-refractivity contribution in [3.8, 4) is 0 Å². The molecule has 0 aliphatic heterocycles. The molecule has 0 radical (unpaired) electrons. The molecule has 0 atom stereocenters. The summed E-state index contributed by atoms with van der Waals surface area (Å²) in [6, 6.07) is 0. The Kier molecular flexibility index (Phi) is 5.96. The Bertz CT molecular complexity index is 263. The summed E-state index contributed by atoms with van der Waals surface area (Å²) in [4.78, 5) is 4.21. The van der Waals surface area contributed by atoms with E-state index in [1.807, 2.05) is 6.92 Å². The molecule has 0 amide bonds. The zero-order valence-corrected chi connectivity index (χ0v) is 9.24. The van der Waals surface area contributed by atoms with Crippen molar-refractivity contribution >= 4 is 0 Å². The van der Waals surface area contributed by atoms with E-state index in [1.54, 1.807) is 0 Å². The van der Waals surface area contributed by atoms with Gasteiger partial charge in [-0.05, 0) is 26.3 Å². The quantitative estimate of drug-likeness (QED) is 0.658. The summed E-state index contributed by atoms with van der Waals surface area (Å²) in [5.41, 5.74) is 5.40. The van der Waals surface area contributed by atoms with Crippen molar-refractivity contribution < 1.29 is 9.26 Å². The van der Waals surface area contributed by atoms with Crippen LogP contribution in [0.5, 0.6) is 0 Å². The lowest BCUT2D eigenvalue weighted by Crippen LogP contribution is -1.98. The number of hydrogen-bond donors (Lipinski definition) is 1. The molecule has 5 heteroatoms. The lowest BCUT2D eigenvalue weighted by atomic mass is 10.2. The normalized spacial score (nSPS) is 10.8. The molecule has 1 aromatic heterocycles. The van der Waals surface area contributed by atoms with Gasteiger partial charge in [0.1, 0.15) is 6.61 Å². The minimum absolute atomic E-state index is 0.433. The summed E-state index contributed by atoms with van der Waals surface area (Å²) in [6.45, 7) is 3.79. The average Bonchev–Trinajstić information content (AvgIpc) is 2.69. The summed E-state index contributed by atoms with van der Waals surface area (Å²) in [5, 5.41) is 3.82. The SMILES string of the molecule is CCOCc1noc(CCCCCN)n1. The van der Waals surface area contributed by atoms with E-state index in [2.05, 4.69) is 10.1 Å². The average molecular weight is 213 g/mol. The molecule has 0 fully saturated rings. The fourth-order valence-electron chi connectivity index (χ4n) is 1.24. The Morgan fingerprint density at radius 3 is 2.93 bits per heavy atom. The summed E-state index contributed by atoms with van der Waals surface area (Å²) in [7, 11) is 0. The van der Waals surface area contributed by atoms with Gasteiger partial charge in [-0.1, -0.05) is 11.6 Å². The Balaban J connectivity index is 2.20. The van der Waals surface area contributed by atoms with Crippen LogP contribution in [0.3, 0.4) is 0 Å². The molecule has 86 valence electrons. The van der Waals surface area contributed by atoms with Crippen LogP contribution in [-0.4, -0.2) is 23.3 Å². The smallest absolute Gasteiger partial charge is 0.226 e. The Morgan fingerprint density at radius 1 is 1.33 bits per heavy atom. The molecule has 0 bridgehead atoms. The standard InChI is InChI=1S/C10H19N3O2/c1-2-14-8-9-12-10(15-13-9)6-4-3-5-7-11/h2-8,11H2,1H3. The number of unbranched alkanes of at least 4 members (excludes halogenated alkanes) is 2. The maximum absolute atomic E-state index is 5.40. The van der Waals surface area contributed by atoms with E-state index in [4.69, 9.17) is 15.0 Å². The molecule has 0 aromatic carbocycles. The molecule has 1 aromatic rings. The van der Waals surface area contributed by atoms with E-state index < -0.39 is 0 Å². The van der Waals surface area contributed by atoms with Gasteiger partial charge in [0.2, 0.25) is 5.89 Å². The van der Waals surface area contributed by atoms with Crippen molar-refractivity contribution in [2.24, 2.45) is 5.73 Å². The molecule has 15 heavy (non-hydrogen) atoms. The predicted molar refractivity (Wildman–Crippen MR) is 56.2 cm³/mol. The molecule has 0 aliphatic carbocycles. The van der Waals surface area contributed by atoms with E-state index in [0.29, 0.717) is 24.9 Å². The van der Waals surface area contributed by atoms with E-state index >= 15 is 0 Å². The third-order valence-electron chi connectivity index (χ3n) is 2.04. The zero-order valence-electron chi connectivity index (χ0n) is 9.24. The Morgan fingerprint density at radius 2 is 2.20 bits per heavy atom. The summed E-state index contributed by atoms with van der Waals surface area (Å²) < 4.78 is 10.2. The topological polar surface area (TPSA) is 74.2 Å². The van der Waals surface area contributed by atoms with Gasteiger partial charge in [-0.3, -0.25) is 0 Å². The van der Waals surface area contributed by atoms with Crippen LogP contribution in [0.4, 0.5) is 0 Å². The molecule has 1 rings (SSSR count). The molecule has 0 saturated carbocycles. The van der Waals surface area contributed by atoms with E-state index in [0.717, 1.165) is 32.2 Å². The van der Waals surface area contributed by atoms with Crippen molar-refractivity contribution in [1.82, 2.24) is 10.1 Å². The second kappa shape index (κ2) is 7.36. The van der Waals surface area contributed by atoms with Gasteiger partial charge in [-0.25, -0.2) is 0 Å². The Labute approximate surface area is 90.0 Å². The maximum Gasteiger partial charge on any atom is 0.226 e. The van der Waals surface area contributed by atoms with E-state index in [-0.39, 0.29) is 0 Å². The molecule has 0 spiro atoms. The van der Waals surface area contributed by atoms with Gasteiger partial charge in [0.05, 0.1) is 0 Å². The highest BCUT2D eigenvalue weighted by atomic mass is 16.5. The number of hydrogen-bond acceptors (Lipinski definition) is 5. The lowest BCUT2D eigenvalue weighted by molar-refractivity contribution is 0.126. The van der Waals surface area contributed by atoms with Gasteiger partial charge in [0.25, 0.3) is 0 Å². The number of nitrogens with two attached hydrogens (primary N) is 1. The van der Waals surface area contributed by atoms with Gasteiger partial charge < -0.3 is 15.0 Å². The summed E-state index contributed by atoms with van der Waals surface area (Å²) in [5.74, 6) is 1.33. The third-order valence-corrected chi connectivity index (χ3v) is 2.04. The van der Waals surface area contributed by atoms with Crippen molar-refractivity contribution in [1.29, 1.82) is 0 Å². The summed E-state index contributed by atoms with van der Waals surface area (Å²) in [6.07, 6.45) is 4.05. The second-order valence-electron chi connectivity index (χ2n) is 3.34. The zero-order chi connectivity index (χ0) is 10.9. The van der Waals surface area contributed by atoms with Gasteiger partial charge in [-0.2, -0.15) is 4.98 Å². The maximum atomic E-state index is 5.40. The highest BCUT2D eigenvalue weighted by molar-refractivity contribution is 4.84. The van der Waals surface area contributed by atoms with Gasteiger partial charge in [0.15, 0.2) is 5.82 Å². The first-order chi connectivity index (χ1) is 7.36. The number of rotatable bonds is 8. The minimum atomic E-state index is 0.433. The number of aryl methyl sites for hydroxylation is 1. The van der Waals surface area contributed by atoms with Crippen LogP contribution >= 0.6 is 0 Å². The lowest BCUT2D eigenvalue weighted by Gasteiger charge is -1.94. The highest BCUT2D eigenvalue weighted by Crippen LogP contribution is 2.05. The number of aromatic nitrogens is 2. The monoisotopic (exact) mass is 213 g/mol. The molecule has 0 aliphatic rings.